The highest BCUT2D eigenvalue weighted by molar-refractivity contribution is 4.53. The van der Waals surface area contributed by atoms with E-state index in [1.165, 1.54) is 69.2 Å². The molecule has 1 aliphatic rings. The van der Waals surface area contributed by atoms with Crippen molar-refractivity contribution in [1.82, 2.24) is 0 Å². The Bertz CT molecular complexity index is 115. The molecule has 0 bridgehead atoms. The van der Waals surface area contributed by atoms with E-state index in [9.17, 15) is 0 Å². The van der Waals surface area contributed by atoms with Gasteiger partial charge in [-0.3, -0.25) is 0 Å². The molecule has 78 valence electrons. The van der Waals surface area contributed by atoms with Crippen molar-refractivity contribution in [2.45, 2.75) is 52.4 Å². The standard InChI is InChI=1S/C12H26N/c1-3-9-13(10-4-2)11-7-5-6-8-12-13/h3-12H2,1-2H3/q+1. The molecule has 0 aromatic heterocycles. The van der Waals surface area contributed by atoms with Gasteiger partial charge < -0.3 is 4.48 Å². The summed E-state index contributed by atoms with van der Waals surface area (Å²) in [6.07, 6.45) is 8.63. The summed E-state index contributed by atoms with van der Waals surface area (Å²) in [6.45, 7) is 10.4. The van der Waals surface area contributed by atoms with Gasteiger partial charge in [-0.25, -0.2) is 0 Å². The SMILES string of the molecule is CCC[N+]1(CCC)CCCCCC1. The zero-order chi connectivity index (χ0) is 9.57. The van der Waals surface area contributed by atoms with Gasteiger partial charge >= 0.3 is 0 Å². The molecule has 0 aromatic carbocycles. The van der Waals surface area contributed by atoms with Crippen LogP contribution in [0.25, 0.3) is 0 Å². The number of likely N-dealkylation sites (tertiary alicyclic amines) is 1. The predicted molar refractivity (Wildman–Crippen MR) is 58.8 cm³/mol. The first-order valence-corrected chi connectivity index (χ1v) is 6.18. The predicted octanol–water partition coefficient (Wildman–Crippen LogP) is 3.20. The van der Waals surface area contributed by atoms with Crippen molar-refractivity contribution < 1.29 is 4.48 Å². The van der Waals surface area contributed by atoms with Gasteiger partial charge in [-0.15, -0.1) is 0 Å². The molecule has 0 aliphatic carbocycles. The van der Waals surface area contributed by atoms with E-state index in [4.69, 9.17) is 0 Å². The van der Waals surface area contributed by atoms with Crippen molar-refractivity contribution in [1.29, 1.82) is 0 Å². The molecule has 0 aromatic rings. The minimum atomic E-state index is 1.36. The fourth-order valence-electron chi connectivity index (χ4n) is 2.87. The van der Waals surface area contributed by atoms with Crippen LogP contribution in [-0.4, -0.2) is 30.7 Å². The van der Waals surface area contributed by atoms with E-state index in [1.807, 2.05) is 0 Å². The first-order chi connectivity index (χ1) is 6.33. The molecule has 0 radical (unpaired) electrons. The summed E-state index contributed by atoms with van der Waals surface area (Å²) in [5.74, 6) is 0. The molecule has 1 nitrogen and oxygen atoms in total. The maximum absolute atomic E-state index is 2.33. The Morgan fingerprint density at radius 3 is 1.62 bits per heavy atom. The maximum atomic E-state index is 2.33. The first kappa shape index (κ1) is 11.0. The van der Waals surface area contributed by atoms with Crippen LogP contribution in [-0.2, 0) is 0 Å². The van der Waals surface area contributed by atoms with Crippen molar-refractivity contribution in [3.63, 3.8) is 0 Å². The summed E-state index contributed by atoms with van der Waals surface area (Å²) in [5, 5.41) is 0. The highest BCUT2D eigenvalue weighted by atomic mass is 15.3. The van der Waals surface area contributed by atoms with Gasteiger partial charge in [-0.2, -0.15) is 0 Å². The van der Waals surface area contributed by atoms with E-state index < -0.39 is 0 Å². The Morgan fingerprint density at radius 1 is 0.769 bits per heavy atom. The molecular formula is C12H26N+. The van der Waals surface area contributed by atoms with Crippen LogP contribution in [0.2, 0.25) is 0 Å². The van der Waals surface area contributed by atoms with Crippen LogP contribution < -0.4 is 0 Å². The van der Waals surface area contributed by atoms with E-state index in [2.05, 4.69) is 13.8 Å². The summed E-state index contributed by atoms with van der Waals surface area (Å²) in [4.78, 5) is 0. The summed E-state index contributed by atoms with van der Waals surface area (Å²) >= 11 is 0. The largest absolute Gasteiger partial charge is 0.324 e. The third-order valence-electron chi connectivity index (χ3n) is 3.41. The fourth-order valence-corrected chi connectivity index (χ4v) is 2.87. The quantitative estimate of drug-likeness (QED) is 0.589. The highest BCUT2D eigenvalue weighted by Gasteiger charge is 2.26. The van der Waals surface area contributed by atoms with Crippen molar-refractivity contribution in [2.75, 3.05) is 26.2 Å². The molecule has 0 saturated carbocycles. The Hall–Kier alpha value is -0.0400. The van der Waals surface area contributed by atoms with Gasteiger partial charge in [0.1, 0.15) is 0 Å². The van der Waals surface area contributed by atoms with Crippen molar-refractivity contribution in [3.8, 4) is 0 Å². The second-order valence-corrected chi connectivity index (χ2v) is 4.65. The summed E-state index contributed by atoms with van der Waals surface area (Å²) in [6, 6.07) is 0. The second-order valence-electron chi connectivity index (χ2n) is 4.65. The van der Waals surface area contributed by atoms with Crippen molar-refractivity contribution in [3.05, 3.63) is 0 Å². The lowest BCUT2D eigenvalue weighted by atomic mass is 10.2. The molecule has 13 heavy (non-hydrogen) atoms. The van der Waals surface area contributed by atoms with Crippen molar-refractivity contribution in [2.24, 2.45) is 0 Å². The Balaban J connectivity index is 2.50. The van der Waals surface area contributed by atoms with E-state index in [0.29, 0.717) is 0 Å². The number of rotatable bonds is 4. The molecule has 0 N–H and O–H groups in total. The topological polar surface area (TPSA) is 0 Å². The zero-order valence-electron chi connectivity index (χ0n) is 9.52. The first-order valence-electron chi connectivity index (χ1n) is 6.18. The number of hydrogen-bond acceptors (Lipinski definition) is 0. The molecule has 1 saturated heterocycles. The maximum Gasteiger partial charge on any atom is 0.0786 e. The van der Waals surface area contributed by atoms with Gasteiger partial charge in [-0.05, 0) is 38.5 Å². The normalized spacial score (nSPS) is 22.6. The van der Waals surface area contributed by atoms with Gasteiger partial charge in [-0.1, -0.05) is 13.8 Å². The Labute approximate surface area is 83.7 Å². The highest BCUT2D eigenvalue weighted by Crippen LogP contribution is 2.19. The summed E-state index contributed by atoms with van der Waals surface area (Å²) in [7, 11) is 0. The smallest absolute Gasteiger partial charge is 0.0786 e. The molecule has 1 heterocycles. The summed E-state index contributed by atoms with van der Waals surface area (Å²) < 4.78 is 1.44. The molecule has 1 aliphatic heterocycles. The van der Waals surface area contributed by atoms with E-state index in [0.717, 1.165) is 0 Å². The van der Waals surface area contributed by atoms with Crippen LogP contribution >= 0.6 is 0 Å². The van der Waals surface area contributed by atoms with Crippen LogP contribution in [0.1, 0.15) is 52.4 Å². The molecule has 0 amide bonds. The Morgan fingerprint density at radius 2 is 1.23 bits per heavy atom. The van der Waals surface area contributed by atoms with Crippen LogP contribution in [0.15, 0.2) is 0 Å². The molecular weight excluding hydrogens is 158 g/mol. The molecule has 0 unspecified atom stereocenters. The van der Waals surface area contributed by atoms with Crippen LogP contribution in [0.5, 0.6) is 0 Å². The number of hydrogen-bond donors (Lipinski definition) is 0. The summed E-state index contributed by atoms with van der Waals surface area (Å²) in [5.41, 5.74) is 0. The van der Waals surface area contributed by atoms with Crippen LogP contribution in [0, 0.1) is 0 Å². The van der Waals surface area contributed by atoms with Gasteiger partial charge in [0.25, 0.3) is 0 Å². The molecule has 1 heteroatoms. The molecule has 1 fully saturated rings. The second kappa shape index (κ2) is 5.64. The van der Waals surface area contributed by atoms with E-state index >= 15 is 0 Å². The average molecular weight is 184 g/mol. The van der Waals surface area contributed by atoms with Gasteiger partial charge in [0, 0.05) is 0 Å². The molecule has 0 spiro atoms. The fraction of sp³-hybridized carbons (Fsp3) is 1.00. The lowest BCUT2D eigenvalue weighted by molar-refractivity contribution is -0.927. The lowest BCUT2D eigenvalue weighted by Crippen LogP contribution is -2.49. The van der Waals surface area contributed by atoms with Crippen LogP contribution in [0.3, 0.4) is 0 Å². The van der Waals surface area contributed by atoms with Gasteiger partial charge in [0.15, 0.2) is 0 Å². The third kappa shape index (κ3) is 3.30. The molecule has 1 rings (SSSR count). The number of quaternary nitrogens is 1. The van der Waals surface area contributed by atoms with E-state index in [-0.39, 0.29) is 0 Å². The third-order valence-corrected chi connectivity index (χ3v) is 3.41. The van der Waals surface area contributed by atoms with Crippen molar-refractivity contribution >= 4 is 0 Å². The van der Waals surface area contributed by atoms with Gasteiger partial charge in [0.2, 0.25) is 0 Å². The Kier molecular flexibility index (Phi) is 4.79. The number of nitrogens with zero attached hydrogens (tertiary/aromatic N) is 1. The molecule has 0 atom stereocenters. The average Bonchev–Trinajstić information content (AvgIpc) is 2.32. The van der Waals surface area contributed by atoms with Crippen LogP contribution in [0.4, 0.5) is 0 Å². The van der Waals surface area contributed by atoms with Gasteiger partial charge in [0.05, 0.1) is 26.2 Å². The zero-order valence-corrected chi connectivity index (χ0v) is 9.52. The monoisotopic (exact) mass is 184 g/mol. The van der Waals surface area contributed by atoms with E-state index in [1.54, 1.807) is 0 Å². The minimum Gasteiger partial charge on any atom is -0.324 e. The minimum absolute atomic E-state index is 1.36. The lowest BCUT2D eigenvalue weighted by Gasteiger charge is -2.37.